The molecule has 1 heterocycles. The first kappa shape index (κ1) is 12.9. The maximum absolute atomic E-state index is 12.0. The van der Waals surface area contributed by atoms with Crippen LogP contribution in [-0.2, 0) is 22.5 Å². The number of ketones is 1. The largest absolute Gasteiger partial charge is 0.368 e. The van der Waals surface area contributed by atoms with Crippen molar-refractivity contribution < 1.29 is 9.53 Å². The number of hydrogen-bond donors (Lipinski definition) is 0. The zero-order chi connectivity index (χ0) is 12.2. The van der Waals surface area contributed by atoms with Crippen LogP contribution in [0.25, 0.3) is 0 Å². The van der Waals surface area contributed by atoms with Gasteiger partial charge in [0.25, 0.3) is 0 Å². The second kappa shape index (κ2) is 5.25. The Balaban J connectivity index is 2.71. The molecule has 0 spiro atoms. The Morgan fingerprint density at radius 3 is 2.75 bits per heavy atom. The van der Waals surface area contributed by atoms with E-state index >= 15 is 0 Å². The smallest absolute Gasteiger partial charge is 0.171 e. The van der Waals surface area contributed by atoms with Crippen LogP contribution in [0.5, 0.6) is 0 Å². The van der Waals surface area contributed by atoms with Crippen LogP contribution >= 0.6 is 0 Å². The minimum absolute atomic E-state index is 0.0650. The van der Waals surface area contributed by atoms with Crippen LogP contribution in [0.4, 0.5) is 0 Å². The molecule has 16 heavy (non-hydrogen) atoms. The van der Waals surface area contributed by atoms with Gasteiger partial charge in [0, 0.05) is 25.5 Å². The molecular weight excluding hydrogens is 204 g/mol. The summed E-state index contributed by atoms with van der Waals surface area (Å²) < 4.78 is 7.40. The minimum atomic E-state index is -0.723. The number of carbonyl (C=O) groups excluding carboxylic acids is 1. The SMILES string of the molecule is CCOC(C)(C)C(=O)Cc1nccn1CC. The first-order valence-electron chi connectivity index (χ1n) is 5.68. The predicted molar refractivity (Wildman–Crippen MR) is 62.3 cm³/mol. The second-order valence-electron chi connectivity index (χ2n) is 4.17. The molecule has 4 heteroatoms. The van der Waals surface area contributed by atoms with Crippen LogP contribution in [0.15, 0.2) is 12.4 Å². The summed E-state index contributed by atoms with van der Waals surface area (Å²) in [6.45, 7) is 8.90. The molecule has 0 aliphatic rings. The molecule has 0 atom stereocenters. The van der Waals surface area contributed by atoms with Gasteiger partial charge in [-0.1, -0.05) is 0 Å². The van der Waals surface area contributed by atoms with E-state index in [1.807, 2.05) is 24.6 Å². The van der Waals surface area contributed by atoms with Crippen molar-refractivity contribution in [1.29, 1.82) is 0 Å². The number of aromatic nitrogens is 2. The number of carbonyl (C=O) groups is 1. The fraction of sp³-hybridized carbons (Fsp3) is 0.667. The van der Waals surface area contributed by atoms with Crippen LogP contribution in [0.2, 0.25) is 0 Å². The highest BCUT2D eigenvalue weighted by atomic mass is 16.5. The maximum Gasteiger partial charge on any atom is 0.171 e. The first-order chi connectivity index (χ1) is 7.51. The summed E-state index contributed by atoms with van der Waals surface area (Å²) in [5.41, 5.74) is -0.723. The number of ether oxygens (including phenoxy) is 1. The molecule has 0 aliphatic heterocycles. The molecule has 1 rings (SSSR count). The Kier molecular flexibility index (Phi) is 4.24. The van der Waals surface area contributed by atoms with Crippen molar-refractivity contribution in [2.45, 2.75) is 46.3 Å². The molecular formula is C12H20N2O2. The standard InChI is InChI=1S/C12H20N2O2/c1-5-14-8-7-13-11(14)9-10(15)12(3,4)16-6-2/h7-8H,5-6,9H2,1-4H3. The molecule has 0 aromatic carbocycles. The number of Topliss-reactive ketones (excluding diaryl/α,β-unsaturated/α-hetero) is 1. The first-order valence-corrected chi connectivity index (χ1v) is 5.68. The Morgan fingerprint density at radius 2 is 2.19 bits per heavy atom. The summed E-state index contributed by atoms with van der Waals surface area (Å²) in [5.74, 6) is 0.871. The number of hydrogen-bond acceptors (Lipinski definition) is 3. The van der Waals surface area contributed by atoms with E-state index in [4.69, 9.17) is 4.74 Å². The Labute approximate surface area is 96.6 Å². The molecule has 0 aliphatic carbocycles. The summed E-state index contributed by atoms with van der Waals surface area (Å²) >= 11 is 0. The zero-order valence-electron chi connectivity index (χ0n) is 10.5. The molecule has 1 aromatic rings. The monoisotopic (exact) mass is 224 g/mol. The quantitative estimate of drug-likeness (QED) is 0.740. The van der Waals surface area contributed by atoms with Crippen LogP contribution < -0.4 is 0 Å². The minimum Gasteiger partial charge on any atom is -0.368 e. The van der Waals surface area contributed by atoms with Crippen molar-refractivity contribution in [2.75, 3.05) is 6.61 Å². The van der Waals surface area contributed by atoms with Gasteiger partial charge in [0.15, 0.2) is 5.78 Å². The van der Waals surface area contributed by atoms with Gasteiger partial charge in [0.2, 0.25) is 0 Å². The van der Waals surface area contributed by atoms with Gasteiger partial charge in [-0.25, -0.2) is 4.98 Å². The average molecular weight is 224 g/mol. The number of nitrogens with zero attached hydrogens (tertiary/aromatic N) is 2. The third-order valence-corrected chi connectivity index (χ3v) is 2.64. The highest BCUT2D eigenvalue weighted by molar-refractivity contribution is 5.87. The fourth-order valence-electron chi connectivity index (χ4n) is 1.59. The van der Waals surface area contributed by atoms with Gasteiger partial charge in [-0.15, -0.1) is 0 Å². The molecule has 0 N–H and O–H groups in total. The molecule has 0 bridgehead atoms. The lowest BCUT2D eigenvalue weighted by atomic mass is 10.0. The van der Waals surface area contributed by atoms with Crippen LogP contribution in [0.3, 0.4) is 0 Å². The zero-order valence-corrected chi connectivity index (χ0v) is 10.5. The molecule has 0 saturated heterocycles. The summed E-state index contributed by atoms with van der Waals surface area (Å²) in [7, 11) is 0. The molecule has 0 amide bonds. The maximum atomic E-state index is 12.0. The average Bonchev–Trinajstić information content (AvgIpc) is 2.65. The Hall–Kier alpha value is -1.16. The van der Waals surface area contributed by atoms with Gasteiger partial charge in [-0.3, -0.25) is 4.79 Å². The van der Waals surface area contributed by atoms with Gasteiger partial charge in [0.05, 0.1) is 6.42 Å². The Bertz CT molecular complexity index is 356. The van der Waals surface area contributed by atoms with E-state index in [0.29, 0.717) is 13.0 Å². The molecule has 90 valence electrons. The lowest BCUT2D eigenvalue weighted by Crippen LogP contribution is -2.36. The van der Waals surface area contributed by atoms with E-state index in [1.165, 1.54) is 0 Å². The van der Waals surface area contributed by atoms with Crippen LogP contribution in [0, 0.1) is 0 Å². The van der Waals surface area contributed by atoms with E-state index in [1.54, 1.807) is 20.0 Å². The summed E-state index contributed by atoms with van der Waals surface area (Å²) in [6.07, 6.45) is 3.93. The fourth-order valence-corrected chi connectivity index (χ4v) is 1.59. The molecule has 4 nitrogen and oxygen atoms in total. The van der Waals surface area contributed by atoms with Gasteiger partial charge >= 0.3 is 0 Å². The number of aryl methyl sites for hydroxylation is 1. The van der Waals surface area contributed by atoms with Crippen molar-refractivity contribution in [3.8, 4) is 0 Å². The van der Waals surface area contributed by atoms with Crippen molar-refractivity contribution in [2.24, 2.45) is 0 Å². The highest BCUT2D eigenvalue weighted by Crippen LogP contribution is 2.13. The van der Waals surface area contributed by atoms with E-state index in [0.717, 1.165) is 12.4 Å². The highest BCUT2D eigenvalue weighted by Gasteiger charge is 2.28. The molecule has 0 saturated carbocycles. The lowest BCUT2D eigenvalue weighted by Gasteiger charge is -2.22. The van der Waals surface area contributed by atoms with Gasteiger partial charge in [-0.05, 0) is 27.7 Å². The van der Waals surface area contributed by atoms with Crippen molar-refractivity contribution >= 4 is 5.78 Å². The van der Waals surface area contributed by atoms with Crippen LogP contribution in [0.1, 0.15) is 33.5 Å². The van der Waals surface area contributed by atoms with E-state index in [2.05, 4.69) is 4.98 Å². The topological polar surface area (TPSA) is 44.1 Å². The lowest BCUT2D eigenvalue weighted by molar-refractivity contribution is -0.139. The van der Waals surface area contributed by atoms with Crippen molar-refractivity contribution in [1.82, 2.24) is 9.55 Å². The number of imidazole rings is 1. The molecule has 0 fully saturated rings. The van der Waals surface area contributed by atoms with Gasteiger partial charge < -0.3 is 9.30 Å². The van der Waals surface area contributed by atoms with Crippen LogP contribution in [-0.4, -0.2) is 27.5 Å². The van der Waals surface area contributed by atoms with E-state index in [9.17, 15) is 4.79 Å². The summed E-state index contributed by atoms with van der Waals surface area (Å²) in [6, 6.07) is 0. The summed E-state index contributed by atoms with van der Waals surface area (Å²) in [5, 5.41) is 0. The normalized spacial score (nSPS) is 11.8. The molecule has 1 aromatic heterocycles. The van der Waals surface area contributed by atoms with E-state index in [-0.39, 0.29) is 5.78 Å². The second-order valence-corrected chi connectivity index (χ2v) is 4.17. The van der Waals surface area contributed by atoms with Crippen molar-refractivity contribution in [3.05, 3.63) is 18.2 Å². The third-order valence-electron chi connectivity index (χ3n) is 2.64. The Morgan fingerprint density at radius 1 is 1.50 bits per heavy atom. The van der Waals surface area contributed by atoms with Gasteiger partial charge in [0.1, 0.15) is 11.4 Å². The molecule has 0 radical (unpaired) electrons. The van der Waals surface area contributed by atoms with E-state index < -0.39 is 5.60 Å². The summed E-state index contributed by atoms with van der Waals surface area (Å²) in [4.78, 5) is 16.2. The molecule has 0 unspecified atom stereocenters. The third kappa shape index (κ3) is 2.92. The van der Waals surface area contributed by atoms with Gasteiger partial charge in [-0.2, -0.15) is 0 Å². The number of rotatable bonds is 6. The predicted octanol–water partition coefficient (Wildman–Crippen LogP) is 1.83. The van der Waals surface area contributed by atoms with Crippen molar-refractivity contribution in [3.63, 3.8) is 0 Å².